The highest BCUT2D eigenvalue weighted by Crippen LogP contribution is 2.33. The topological polar surface area (TPSA) is 86.9 Å². The summed E-state index contributed by atoms with van der Waals surface area (Å²) < 4.78 is 76.3. The van der Waals surface area contributed by atoms with Crippen LogP contribution in [0.4, 0.5) is 28.9 Å². The van der Waals surface area contributed by atoms with Crippen molar-refractivity contribution in [2.24, 2.45) is 5.14 Å². The lowest BCUT2D eigenvalue weighted by Crippen LogP contribution is -2.49. The molecule has 0 aliphatic carbocycles. The molecule has 0 atom stereocenters. The fraction of sp³-hybridized carbons (Fsp3) is 0.458. The van der Waals surface area contributed by atoms with Crippen LogP contribution in [0, 0.1) is 5.82 Å². The molecular weight excluding hydrogens is 500 g/mol. The molecule has 1 amide bonds. The summed E-state index contributed by atoms with van der Waals surface area (Å²) in [7, 11) is -3.94. The van der Waals surface area contributed by atoms with Gasteiger partial charge in [0.1, 0.15) is 5.82 Å². The average molecular weight is 529 g/mol. The zero-order valence-corrected chi connectivity index (χ0v) is 20.4. The van der Waals surface area contributed by atoms with Crippen molar-refractivity contribution in [3.8, 4) is 0 Å². The quantitative estimate of drug-likeness (QED) is 0.602. The molecule has 0 aromatic heterocycles. The van der Waals surface area contributed by atoms with Crippen LogP contribution < -0.4 is 14.9 Å². The summed E-state index contributed by atoms with van der Waals surface area (Å²) in [5, 5.41) is 5.31. The van der Waals surface area contributed by atoms with Crippen LogP contribution in [0.2, 0.25) is 0 Å². The number of nitrogens with zero attached hydrogens (tertiary/aromatic N) is 3. The van der Waals surface area contributed by atoms with Crippen molar-refractivity contribution in [1.82, 2.24) is 4.90 Å². The minimum Gasteiger partial charge on any atom is -0.371 e. The first kappa shape index (κ1) is 26.2. The number of anilines is 2. The Kier molecular flexibility index (Phi) is 7.46. The number of rotatable bonds is 5. The molecular formula is C24H28F4N4O3S. The normalized spacial score (nSPS) is 17.4. The van der Waals surface area contributed by atoms with E-state index in [2.05, 4.69) is 4.90 Å². The third kappa shape index (κ3) is 5.92. The fourth-order valence-corrected chi connectivity index (χ4v) is 5.31. The number of halogens is 4. The number of hydrogen-bond donors (Lipinski definition) is 1. The van der Waals surface area contributed by atoms with E-state index in [1.165, 1.54) is 18.2 Å². The Morgan fingerprint density at radius 3 is 2.14 bits per heavy atom. The van der Waals surface area contributed by atoms with E-state index >= 15 is 0 Å². The van der Waals surface area contributed by atoms with Crippen molar-refractivity contribution >= 4 is 27.3 Å². The zero-order chi connectivity index (χ0) is 26.1. The van der Waals surface area contributed by atoms with E-state index in [-0.39, 0.29) is 17.2 Å². The second-order valence-electron chi connectivity index (χ2n) is 9.09. The van der Waals surface area contributed by atoms with Gasteiger partial charge in [-0.05, 0) is 61.2 Å². The van der Waals surface area contributed by atoms with Gasteiger partial charge in [-0.25, -0.2) is 17.9 Å². The summed E-state index contributed by atoms with van der Waals surface area (Å²) in [4.78, 5) is 18.6. The average Bonchev–Trinajstić information content (AvgIpc) is 2.83. The van der Waals surface area contributed by atoms with E-state index < -0.39 is 27.6 Å². The van der Waals surface area contributed by atoms with Gasteiger partial charge in [0.15, 0.2) is 0 Å². The van der Waals surface area contributed by atoms with E-state index in [1.807, 2.05) is 0 Å². The Labute approximate surface area is 207 Å². The molecule has 0 bridgehead atoms. The molecule has 2 heterocycles. The van der Waals surface area contributed by atoms with Crippen molar-refractivity contribution in [2.45, 2.75) is 36.8 Å². The van der Waals surface area contributed by atoms with Crippen molar-refractivity contribution in [3.05, 3.63) is 53.3 Å². The number of nitrogens with two attached hydrogens (primary N) is 1. The first-order valence-corrected chi connectivity index (χ1v) is 13.3. The Morgan fingerprint density at radius 1 is 0.889 bits per heavy atom. The number of benzene rings is 2. The number of amides is 1. The van der Waals surface area contributed by atoms with Gasteiger partial charge in [0, 0.05) is 50.6 Å². The number of carbonyl (C=O) groups is 1. The lowest BCUT2D eigenvalue weighted by atomic mass is 10.0. The molecule has 4 rings (SSSR count). The fourth-order valence-electron chi connectivity index (χ4n) is 4.74. The first-order valence-electron chi connectivity index (χ1n) is 11.7. The molecule has 2 fully saturated rings. The van der Waals surface area contributed by atoms with E-state index in [0.29, 0.717) is 37.4 Å². The molecule has 12 heteroatoms. The molecule has 0 saturated carbocycles. The summed E-state index contributed by atoms with van der Waals surface area (Å²) in [6.07, 6.45) is -1.63. The standard InChI is InChI=1S/C24H28F4N4O3S/c25-21-16-18(4-6-20(21)24(26,27)28)30-10-12-32(13-11-30)23(33)15-17-14-19(36(29,34)35)5-7-22(17)31-8-2-1-3-9-31/h4-7,14,16H,1-3,8-13,15H2,(H2,29,34,35). The number of alkyl halides is 3. The summed E-state index contributed by atoms with van der Waals surface area (Å²) >= 11 is 0. The largest absolute Gasteiger partial charge is 0.419 e. The third-order valence-corrected chi connectivity index (χ3v) is 7.58. The van der Waals surface area contributed by atoms with Gasteiger partial charge >= 0.3 is 6.18 Å². The van der Waals surface area contributed by atoms with Crippen LogP contribution in [0.1, 0.15) is 30.4 Å². The monoisotopic (exact) mass is 528 g/mol. The van der Waals surface area contributed by atoms with Crippen molar-refractivity contribution in [1.29, 1.82) is 0 Å². The van der Waals surface area contributed by atoms with Crippen molar-refractivity contribution in [3.63, 3.8) is 0 Å². The highest BCUT2D eigenvalue weighted by molar-refractivity contribution is 7.89. The maximum atomic E-state index is 14.0. The van der Waals surface area contributed by atoms with Gasteiger partial charge in [-0.3, -0.25) is 4.79 Å². The molecule has 2 aliphatic rings. The van der Waals surface area contributed by atoms with Crippen molar-refractivity contribution in [2.75, 3.05) is 49.1 Å². The van der Waals surface area contributed by atoms with Gasteiger partial charge in [-0.1, -0.05) is 0 Å². The Bertz CT molecular complexity index is 1220. The number of carbonyl (C=O) groups excluding carboxylic acids is 1. The van der Waals surface area contributed by atoms with Gasteiger partial charge in [0.2, 0.25) is 15.9 Å². The third-order valence-electron chi connectivity index (χ3n) is 6.67. The lowest BCUT2D eigenvalue weighted by Gasteiger charge is -2.36. The van der Waals surface area contributed by atoms with Gasteiger partial charge < -0.3 is 14.7 Å². The molecule has 2 aromatic rings. The van der Waals surface area contributed by atoms with Crippen LogP contribution in [0.25, 0.3) is 0 Å². The molecule has 2 N–H and O–H groups in total. The minimum absolute atomic E-state index is 0.00982. The van der Waals surface area contributed by atoms with Crippen LogP contribution in [-0.2, 0) is 27.4 Å². The summed E-state index contributed by atoms with van der Waals surface area (Å²) in [6.45, 7) is 2.89. The number of piperidine rings is 1. The molecule has 36 heavy (non-hydrogen) atoms. The molecule has 2 saturated heterocycles. The summed E-state index contributed by atoms with van der Waals surface area (Å²) in [6, 6.07) is 7.43. The zero-order valence-electron chi connectivity index (χ0n) is 19.6. The van der Waals surface area contributed by atoms with Crippen LogP contribution in [-0.4, -0.2) is 58.5 Å². The van der Waals surface area contributed by atoms with Gasteiger partial charge in [-0.15, -0.1) is 0 Å². The minimum atomic E-state index is -4.76. The molecule has 0 radical (unpaired) electrons. The second-order valence-corrected chi connectivity index (χ2v) is 10.7. The summed E-state index contributed by atoms with van der Waals surface area (Å²) in [5.74, 6) is -1.53. The van der Waals surface area contributed by atoms with Crippen LogP contribution in [0.5, 0.6) is 0 Å². The maximum absolute atomic E-state index is 14.0. The van der Waals surface area contributed by atoms with E-state index in [4.69, 9.17) is 5.14 Å². The van der Waals surface area contributed by atoms with Gasteiger partial charge in [0.25, 0.3) is 0 Å². The van der Waals surface area contributed by atoms with E-state index in [1.54, 1.807) is 15.9 Å². The Balaban J connectivity index is 1.46. The molecule has 0 spiro atoms. The smallest absolute Gasteiger partial charge is 0.371 e. The number of sulfonamides is 1. The molecule has 2 aromatic carbocycles. The number of hydrogen-bond acceptors (Lipinski definition) is 5. The predicted molar refractivity (Wildman–Crippen MR) is 128 cm³/mol. The summed E-state index contributed by atoms with van der Waals surface area (Å²) in [5.41, 5.74) is 0.405. The van der Waals surface area contributed by atoms with Crippen LogP contribution in [0.15, 0.2) is 41.3 Å². The van der Waals surface area contributed by atoms with Crippen LogP contribution >= 0.6 is 0 Å². The van der Waals surface area contributed by atoms with Gasteiger partial charge in [-0.2, -0.15) is 13.2 Å². The van der Waals surface area contributed by atoms with Gasteiger partial charge in [0.05, 0.1) is 16.9 Å². The Morgan fingerprint density at radius 2 is 1.56 bits per heavy atom. The molecule has 7 nitrogen and oxygen atoms in total. The predicted octanol–water partition coefficient (Wildman–Crippen LogP) is 3.37. The highest BCUT2D eigenvalue weighted by atomic mass is 32.2. The Hall–Kier alpha value is -2.86. The first-order chi connectivity index (χ1) is 16.9. The van der Waals surface area contributed by atoms with Crippen molar-refractivity contribution < 1.29 is 30.8 Å². The number of primary sulfonamides is 1. The highest BCUT2D eigenvalue weighted by Gasteiger charge is 2.34. The molecule has 0 unspecified atom stereocenters. The van der Waals surface area contributed by atoms with E-state index in [0.717, 1.165) is 50.2 Å². The van der Waals surface area contributed by atoms with E-state index in [9.17, 15) is 30.8 Å². The number of piperazine rings is 1. The molecule has 2 aliphatic heterocycles. The lowest BCUT2D eigenvalue weighted by molar-refractivity contribution is -0.140. The molecule has 196 valence electrons. The maximum Gasteiger partial charge on any atom is 0.419 e. The second kappa shape index (κ2) is 10.3. The SMILES string of the molecule is NS(=O)(=O)c1ccc(N2CCCCC2)c(CC(=O)N2CCN(c3ccc(C(F)(F)F)c(F)c3)CC2)c1. The van der Waals surface area contributed by atoms with Crippen LogP contribution in [0.3, 0.4) is 0 Å².